The number of benzene rings is 2. The summed E-state index contributed by atoms with van der Waals surface area (Å²) in [6, 6.07) is 14.3. The van der Waals surface area contributed by atoms with Crippen molar-refractivity contribution in [2.24, 2.45) is 0 Å². The fourth-order valence-corrected chi connectivity index (χ4v) is 2.07. The zero-order chi connectivity index (χ0) is 16.7. The molecule has 0 fully saturated rings. The molecule has 0 aliphatic carbocycles. The molecule has 0 aliphatic rings. The molecule has 0 atom stereocenters. The van der Waals surface area contributed by atoms with Crippen LogP contribution in [-0.2, 0) is 4.79 Å². The van der Waals surface area contributed by atoms with Crippen molar-refractivity contribution in [3.8, 4) is 0 Å². The molecule has 0 spiro atoms. The molecule has 23 heavy (non-hydrogen) atoms. The molecule has 0 saturated carbocycles. The summed E-state index contributed by atoms with van der Waals surface area (Å²) in [5.41, 5.74) is 1.27. The SMILES string of the molecule is CC(=O)N(CCNC(=O)Nc1ccccc1)c1ccc(F)cc1. The summed E-state index contributed by atoms with van der Waals surface area (Å²) in [5, 5.41) is 5.37. The lowest BCUT2D eigenvalue weighted by molar-refractivity contribution is -0.116. The van der Waals surface area contributed by atoms with Crippen LogP contribution in [0.5, 0.6) is 0 Å². The van der Waals surface area contributed by atoms with E-state index in [0.717, 1.165) is 0 Å². The molecule has 0 unspecified atom stereocenters. The van der Waals surface area contributed by atoms with Crippen LogP contribution in [0.3, 0.4) is 0 Å². The van der Waals surface area contributed by atoms with Gasteiger partial charge in [0.05, 0.1) is 0 Å². The lowest BCUT2D eigenvalue weighted by atomic mass is 10.2. The highest BCUT2D eigenvalue weighted by Crippen LogP contribution is 2.14. The summed E-state index contributed by atoms with van der Waals surface area (Å²) < 4.78 is 12.9. The van der Waals surface area contributed by atoms with Gasteiger partial charge in [-0.25, -0.2) is 9.18 Å². The zero-order valence-corrected chi connectivity index (χ0v) is 12.8. The van der Waals surface area contributed by atoms with Crippen LogP contribution in [0, 0.1) is 5.82 Å². The number of anilines is 2. The minimum atomic E-state index is -0.363. The number of carbonyl (C=O) groups is 2. The Morgan fingerprint density at radius 3 is 2.30 bits per heavy atom. The maximum Gasteiger partial charge on any atom is 0.319 e. The minimum absolute atomic E-state index is 0.179. The van der Waals surface area contributed by atoms with E-state index in [1.165, 1.54) is 36.1 Å². The Labute approximate surface area is 134 Å². The fraction of sp³-hybridized carbons (Fsp3) is 0.176. The largest absolute Gasteiger partial charge is 0.336 e. The molecule has 120 valence electrons. The predicted octanol–water partition coefficient (Wildman–Crippen LogP) is 3.00. The van der Waals surface area contributed by atoms with Crippen molar-refractivity contribution in [1.82, 2.24) is 5.32 Å². The van der Waals surface area contributed by atoms with Gasteiger partial charge in [0.15, 0.2) is 0 Å². The van der Waals surface area contributed by atoms with Crippen molar-refractivity contribution in [1.29, 1.82) is 0 Å². The van der Waals surface area contributed by atoms with Gasteiger partial charge < -0.3 is 15.5 Å². The molecule has 2 N–H and O–H groups in total. The number of hydrogen-bond donors (Lipinski definition) is 2. The number of para-hydroxylation sites is 1. The molecule has 3 amide bonds. The quantitative estimate of drug-likeness (QED) is 0.891. The second kappa shape index (κ2) is 7.93. The van der Waals surface area contributed by atoms with E-state index in [1.54, 1.807) is 12.1 Å². The van der Waals surface area contributed by atoms with Crippen molar-refractivity contribution in [2.75, 3.05) is 23.3 Å². The van der Waals surface area contributed by atoms with Crippen molar-refractivity contribution in [3.05, 3.63) is 60.4 Å². The zero-order valence-electron chi connectivity index (χ0n) is 12.8. The minimum Gasteiger partial charge on any atom is -0.336 e. The van der Waals surface area contributed by atoms with Crippen molar-refractivity contribution >= 4 is 23.3 Å². The average molecular weight is 315 g/mol. The Morgan fingerprint density at radius 2 is 1.70 bits per heavy atom. The summed E-state index contributed by atoms with van der Waals surface area (Å²) in [6.45, 7) is 1.99. The standard InChI is InChI=1S/C17H18FN3O2/c1-13(22)21(16-9-7-14(18)8-10-16)12-11-19-17(23)20-15-5-3-2-4-6-15/h2-10H,11-12H2,1H3,(H2,19,20,23). The molecule has 2 rings (SSSR count). The summed E-state index contributed by atoms with van der Waals surface area (Å²) >= 11 is 0. The number of halogens is 1. The molecule has 6 heteroatoms. The molecule has 0 bridgehead atoms. The molecule has 0 aromatic heterocycles. The Hall–Kier alpha value is -2.89. The van der Waals surface area contributed by atoms with Crippen LogP contribution in [0.25, 0.3) is 0 Å². The highest BCUT2D eigenvalue weighted by Gasteiger charge is 2.11. The molecular formula is C17H18FN3O2. The first kappa shape index (κ1) is 16.5. The Kier molecular flexibility index (Phi) is 5.68. The maximum absolute atomic E-state index is 12.9. The lowest BCUT2D eigenvalue weighted by Crippen LogP contribution is -2.39. The number of rotatable bonds is 5. The summed E-state index contributed by atoms with van der Waals surface area (Å²) in [5.74, 6) is -0.542. The average Bonchev–Trinajstić information content (AvgIpc) is 2.53. The van der Waals surface area contributed by atoms with E-state index >= 15 is 0 Å². The van der Waals surface area contributed by atoms with Gasteiger partial charge in [0.2, 0.25) is 5.91 Å². The van der Waals surface area contributed by atoms with Crippen LogP contribution in [0.1, 0.15) is 6.92 Å². The topological polar surface area (TPSA) is 61.4 Å². The lowest BCUT2D eigenvalue weighted by Gasteiger charge is -2.21. The number of amides is 3. The first-order valence-electron chi connectivity index (χ1n) is 7.20. The van der Waals surface area contributed by atoms with Gasteiger partial charge in [-0.3, -0.25) is 4.79 Å². The monoisotopic (exact) mass is 315 g/mol. The van der Waals surface area contributed by atoms with Crippen LogP contribution < -0.4 is 15.5 Å². The number of carbonyl (C=O) groups excluding carboxylic acids is 2. The van der Waals surface area contributed by atoms with Gasteiger partial charge >= 0.3 is 6.03 Å². The molecular weight excluding hydrogens is 297 g/mol. The van der Waals surface area contributed by atoms with Crippen LogP contribution in [0.15, 0.2) is 54.6 Å². The van der Waals surface area contributed by atoms with E-state index < -0.39 is 0 Å². The van der Waals surface area contributed by atoms with Crippen molar-refractivity contribution in [3.63, 3.8) is 0 Å². The summed E-state index contributed by atoms with van der Waals surface area (Å²) in [4.78, 5) is 24.9. The molecule has 0 heterocycles. The van der Waals surface area contributed by atoms with Crippen molar-refractivity contribution in [2.45, 2.75) is 6.92 Å². The second-order valence-corrected chi connectivity index (χ2v) is 4.89. The molecule has 0 saturated heterocycles. The van der Waals surface area contributed by atoms with Crippen LogP contribution in [0.4, 0.5) is 20.6 Å². The third kappa shape index (κ3) is 5.10. The smallest absolute Gasteiger partial charge is 0.319 e. The number of hydrogen-bond acceptors (Lipinski definition) is 2. The number of urea groups is 1. The molecule has 0 aliphatic heterocycles. The molecule has 2 aromatic rings. The molecule has 5 nitrogen and oxygen atoms in total. The Bertz CT molecular complexity index is 659. The van der Waals surface area contributed by atoms with Gasteiger partial charge in [-0.15, -0.1) is 0 Å². The van der Waals surface area contributed by atoms with E-state index in [1.807, 2.05) is 18.2 Å². The highest BCUT2D eigenvalue weighted by molar-refractivity contribution is 5.92. The highest BCUT2D eigenvalue weighted by atomic mass is 19.1. The van der Waals surface area contributed by atoms with E-state index in [-0.39, 0.29) is 24.3 Å². The van der Waals surface area contributed by atoms with E-state index in [4.69, 9.17) is 0 Å². The number of nitrogens with zero attached hydrogens (tertiary/aromatic N) is 1. The van der Waals surface area contributed by atoms with Crippen LogP contribution >= 0.6 is 0 Å². The van der Waals surface area contributed by atoms with Gasteiger partial charge in [-0.05, 0) is 36.4 Å². The predicted molar refractivity (Wildman–Crippen MR) is 87.9 cm³/mol. The second-order valence-electron chi connectivity index (χ2n) is 4.89. The van der Waals surface area contributed by atoms with Gasteiger partial charge in [0.1, 0.15) is 5.82 Å². The number of nitrogens with one attached hydrogen (secondary N) is 2. The van der Waals surface area contributed by atoms with Gasteiger partial charge in [-0.2, -0.15) is 0 Å². The molecule has 2 aromatic carbocycles. The maximum atomic E-state index is 12.9. The van der Waals surface area contributed by atoms with Gasteiger partial charge in [-0.1, -0.05) is 18.2 Å². The summed E-state index contributed by atoms with van der Waals surface area (Å²) in [7, 11) is 0. The third-order valence-electron chi connectivity index (χ3n) is 3.17. The third-order valence-corrected chi connectivity index (χ3v) is 3.17. The summed E-state index contributed by atoms with van der Waals surface area (Å²) in [6.07, 6.45) is 0. The Morgan fingerprint density at radius 1 is 1.04 bits per heavy atom. The fourth-order valence-electron chi connectivity index (χ4n) is 2.07. The molecule has 0 radical (unpaired) electrons. The van der Waals surface area contributed by atoms with Gasteiger partial charge in [0.25, 0.3) is 0 Å². The van der Waals surface area contributed by atoms with Gasteiger partial charge in [0, 0.05) is 31.4 Å². The van der Waals surface area contributed by atoms with Crippen LogP contribution in [-0.4, -0.2) is 25.0 Å². The Balaban J connectivity index is 1.86. The van der Waals surface area contributed by atoms with E-state index in [9.17, 15) is 14.0 Å². The van der Waals surface area contributed by atoms with E-state index in [2.05, 4.69) is 10.6 Å². The van der Waals surface area contributed by atoms with Crippen LogP contribution in [0.2, 0.25) is 0 Å². The normalized spacial score (nSPS) is 10.0. The van der Waals surface area contributed by atoms with Crippen molar-refractivity contribution < 1.29 is 14.0 Å². The first-order chi connectivity index (χ1) is 11.1. The first-order valence-corrected chi connectivity index (χ1v) is 7.20. The van der Waals surface area contributed by atoms with E-state index in [0.29, 0.717) is 17.9 Å².